The van der Waals surface area contributed by atoms with Crippen LogP contribution in [-0.2, 0) is 13.1 Å². The molecule has 2 heterocycles. The number of aromatic nitrogens is 4. The van der Waals surface area contributed by atoms with Gasteiger partial charge in [0.15, 0.2) is 0 Å². The van der Waals surface area contributed by atoms with Crippen molar-refractivity contribution in [2.45, 2.75) is 26.9 Å². The van der Waals surface area contributed by atoms with E-state index in [1.165, 1.54) is 0 Å². The fourth-order valence-corrected chi connectivity index (χ4v) is 1.79. The molecule has 0 aliphatic heterocycles. The van der Waals surface area contributed by atoms with Crippen molar-refractivity contribution < 1.29 is 0 Å². The summed E-state index contributed by atoms with van der Waals surface area (Å²) < 4.78 is 1.92. The molecule has 0 aromatic carbocycles. The van der Waals surface area contributed by atoms with Crippen LogP contribution in [0.3, 0.4) is 0 Å². The molecular formula is C12H17N5. The van der Waals surface area contributed by atoms with E-state index >= 15 is 0 Å². The van der Waals surface area contributed by atoms with E-state index in [0.717, 1.165) is 23.5 Å². The van der Waals surface area contributed by atoms with E-state index in [1.54, 1.807) is 12.4 Å². The molecule has 90 valence electrons. The zero-order valence-electron chi connectivity index (χ0n) is 10.2. The first kappa shape index (κ1) is 11.7. The average Bonchev–Trinajstić information content (AvgIpc) is 2.72. The van der Waals surface area contributed by atoms with Crippen molar-refractivity contribution >= 4 is 0 Å². The Morgan fingerprint density at radius 2 is 2.00 bits per heavy atom. The average molecular weight is 231 g/mol. The molecule has 0 spiro atoms. The summed E-state index contributed by atoms with van der Waals surface area (Å²) in [4.78, 5) is 4.02. The van der Waals surface area contributed by atoms with Crippen molar-refractivity contribution in [2.75, 3.05) is 0 Å². The molecule has 2 N–H and O–H groups in total. The van der Waals surface area contributed by atoms with Gasteiger partial charge in [-0.1, -0.05) is 19.1 Å². The maximum atomic E-state index is 5.70. The summed E-state index contributed by atoms with van der Waals surface area (Å²) >= 11 is 0. The summed E-state index contributed by atoms with van der Waals surface area (Å²) in [5, 5.41) is 8.30. The summed E-state index contributed by atoms with van der Waals surface area (Å²) in [6.07, 6.45) is 3.53. The van der Waals surface area contributed by atoms with E-state index in [2.05, 4.69) is 29.1 Å². The van der Waals surface area contributed by atoms with Gasteiger partial charge in [-0.15, -0.1) is 5.10 Å². The fourth-order valence-electron chi connectivity index (χ4n) is 1.79. The number of nitrogens with two attached hydrogens (primary N) is 1. The van der Waals surface area contributed by atoms with Crippen LogP contribution in [0, 0.1) is 5.92 Å². The van der Waals surface area contributed by atoms with Crippen LogP contribution in [0.5, 0.6) is 0 Å². The molecule has 0 saturated heterocycles. The number of hydrogen-bond donors (Lipinski definition) is 1. The van der Waals surface area contributed by atoms with Gasteiger partial charge in [-0.25, -0.2) is 4.68 Å². The second-order valence-electron chi connectivity index (χ2n) is 4.40. The van der Waals surface area contributed by atoms with Gasteiger partial charge in [-0.3, -0.25) is 4.98 Å². The molecule has 2 aromatic rings. The topological polar surface area (TPSA) is 69.6 Å². The predicted molar refractivity (Wildman–Crippen MR) is 66.0 cm³/mol. The van der Waals surface area contributed by atoms with Crippen LogP contribution in [0.2, 0.25) is 0 Å². The number of nitrogens with zero attached hydrogens (tertiary/aromatic N) is 4. The molecule has 0 unspecified atom stereocenters. The van der Waals surface area contributed by atoms with Crippen LogP contribution in [0.1, 0.15) is 19.5 Å². The summed E-state index contributed by atoms with van der Waals surface area (Å²) in [6, 6.07) is 3.91. The second-order valence-corrected chi connectivity index (χ2v) is 4.40. The minimum absolute atomic E-state index is 0.399. The number of hydrogen-bond acceptors (Lipinski definition) is 4. The Hall–Kier alpha value is -1.75. The molecule has 0 atom stereocenters. The molecule has 5 nitrogen and oxygen atoms in total. The fraction of sp³-hybridized carbons (Fsp3) is 0.417. The highest BCUT2D eigenvalue weighted by atomic mass is 15.4. The lowest BCUT2D eigenvalue weighted by Gasteiger charge is -2.09. The van der Waals surface area contributed by atoms with E-state index in [-0.39, 0.29) is 0 Å². The lowest BCUT2D eigenvalue weighted by molar-refractivity contribution is 0.475. The van der Waals surface area contributed by atoms with Crippen molar-refractivity contribution in [2.24, 2.45) is 11.7 Å². The lowest BCUT2D eigenvalue weighted by Crippen LogP contribution is -2.08. The van der Waals surface area contributed by atoms with Gasteiger partial charge < -0.3 is 5.73 Å². The SMILES string of the molecule is CC(C)Cn1nnc(CN)c1-c1ccncc1. The quantitative estimate of drug-likeness (QED) is 0.864. The van der Waals surface area contributed by atoms with Crippen molar-refractivity contribution in [1.29, 1.82) is 0 Å². The molecule has 0 fully saturated rings. The first-order valence-corrected chi connectivity index (χ1v) is 5.75. The maximum absolute atomic E-state index is 5.70. The monoisotopic (exact) mass is 231 g/mol. The van der Waals surface area contributed by atoms with Gasteiger partial charge in [-0.2, -0.15) is 0 Å². The molecule has 0 amide bonds. The Bertz CT molecular complexity index is 475. The molecule has 17 heavy (non-hydrogen) atoms. The third-order valence-corrected chi connectivity index (χ3v) is 2.49. The largest absolute Gasteiger partial charge is 0.325 e. The van der Waals surface area contributed by atoms with Crippen molar-refractivity contribution in [3.05, 3.63) is 30.2 Å². The minimum Gasteiger partial charge on any atom is -0.325 e. The van der Waals surface area contributed by atoms with Crippen LogP contribution in [0.4, 0.5) is 0 Å². The van der Waals surface area contributed by atoms with Crippen LogP contribution < -0.4 is 5.73 Å². The van der Waals surface area contributed by atoms with E-state index in [4.69, 9.17) is 5.73 Å². The normalized spacial score (nSPS) is 11.1. The van der Waals surface area contributed by atoms with Gasteiger partial charge in [0.25, 0.3) is 0 Å². The highest BCUT2D eigenvalue weighted by molar-refractivity contribution is 5.61. The highest BCUT2D eigenvalue weighted by Gasteiger charge is 2.14. The van der Waals surface area contributed by atoms with Crippen molar-refractivity contribution in [3.8, 4) is 11.3 Å². The molecule has 2 aromatic heterocycles. The van der Waals surface area contributed by atoms with Gasteiger partial charge in [0, 0.05) is 31.0 Å². The van der Waals surface area contributed by atoms with Crippen LogP contribution in [0.25, 0.3) is 11.3 Å². The van der Waals surface area contributed by atoms with Crippen LogP contribution in [-0.4, -0.2) is 20.0 Å². The smallest absolute Gasteiger partial charge is 0.104 e. The molecule has 2 rings (SSSR count). The van der Waals surface area contributed by atoms with E-state index in [0.29, 0.717) is 12.5 Å². The van der Waals surface area contributed by atoms with E-state index < -0.39 is 0 Å². The van der Waals surface area contributed by atoms with Gasteiger partial charge in [0.05, 0.1) is 5.69 Å². The Balaban J connectivity index is 2.46. The first-order valence-electron chi connectivity index (χ1n) is 5.75. The van der Waals surface area contributed by atoms with Gasteiger partial charge in [0.1, 0.15) is 5.69 Å². The predicted octanol–water partition coefficient (Wildman–Crippen LogP) is 1.45. The molecule has 0 radical (unpaired) electrons. The Morgan fingerprint density at radius 1 is 1.29 bits per heavy atom. The summed E-state index contributed by atoms with van der Waals surface area (Å²) in [7, 11) is 0. The zero-order valence-corrected chi connectivity index (χ0v) is 10.2. The van der Waals surface area contributed by atoms with Crippen LogP contribution >= 0.6 is 0 Å². The van der Waals surface area contributed by atoms with Crippen LogP contribution in [0.15, 0.2) is 24.5 Å². The first-order chi connectivity index (χ1) is 8.22. The number of rotatable bonds is 4. The second kappa shape index (κ2) is 5.05. The highest BCUT2D eigenvalue weighted by Crippen LogP contribution is 2.21. The Labute approximate surface area is 101 Å². The Kier molecular flexibility index (Phi) is 3.49. The molecule has 5 heteroatoms. The zero-order chi connectivity index (χ0) is 12.3. The standard InChI is InChI=1S/C12H17N5/c1-9(2)8-17-12(11(7-13)15-16-17)10-3-5-14-6-4-10/h3-6,9H,7-8,13H2,1-2H3. The minimum atomic E-state index is 0.399. The van der Waals surface area contributed by atoms with Crippen molar-refractivity contribution in [3.63, 3.8) is 0 Å². The van der Waals surface area contributed by atoms with Gasteiger partial charge in [-0.05, 0) is 18.1 Å². The molecule has 0 bridgehead atoms. The summed E-state index contributed by atoms with van der Waals surface area (Å²) in [6.45, 7) is 5.54. The molecule has 0 aliphatic carbocycles. The van der Waals surface area contributed by atoms with Gasteiger partial charge in [0.2, 0.25) is 0 Å². The molecule has 0 aliphatic rings. The van der Waals surface area contributed by atoms with E-state index in [9.17, 15) is 0 Å². The lowest BCUT2D eigenvalue weighted by atomic mass is 10.1. The van der Waals surface area contributed by atoms with Gasteiger partial charge >= 0.3 is 0 Å². The molecule has 0 saturated carbocycles. The maximum Gasteiger partial charge on any atom is 0.104 e. The van der Waals surface area contributed by atoms with E-state index in [1.807, 2.05) is 16.8 Å². The summed E-state index contributed by atoms with van der Waals surface area (Å²) in [5.74, 6) is 0.517. The number of pyridine rings is 1. The van der Waals surface area contributed by atoms with Crippen molar-refractivity contribution in [1.82, 2.24) is 20.0 Å². The Morgan fingerprint density at radius 3 is 2.59 bits per heavy atom. The third-order valence-electron chi connectivity index (χ3n) is 2.49. The summed E-state index contributed by atoms with van der Waals surface area (Å²) in [5.41, 5.74) is 8.60. The third kappa shape index (κ3) is 2.50. The molecular weight excluding hydrogens is 214 g/mol.